The van der Waals surface area contributed by atoms with Crippen molar-refractivity contribution in [3.63, 3.8) is 0 Å². The van der Waals surface area contributed by atoms with Crippen LogP contribution in [0.1, 0.15) is 42.1 Å². The van der Waals surface area contributed by atoms with E-state index in [9.17, 15) is 9.90 Å². The van der Waals surface area contributed by atoms with Gasteiger partial charge in [-0.25, -0.2) is 4.79 Å². The Morgan fingerprint density at radius 1 is 1.27 bits per heavy atom. The lowest BCUT2D eigenvalue weighted by atomic mass is 9.90. The van der Waals surface area contributed by atoms with Crippen LogP contribution in [0.2, 0.25) is 0 Å². The Morgan fingerprint density at radius 2 is 1.96 bits per heavy atom. The predicted molar refractivity (Wildman–Crippen MR) is 89.5 cm³/mol. The molecule has 146 valence electrons. The third kappa shape index (κ3) is 4.53. The normalized spacial score (nSPS) is 19.9. The number of hydrogen-bond acceptors (Lipinski definition) is 7. The van der Waals surface area contributed by atoms with Crippen LogP contribution in [0.15, 0.2) is 6.20 Å². The summed E-state index contributed by atoms with van der Waals surface area (Å²) < 4.78 is 28.9. The van der Waals surface area contributed by atoms with Crippen molar-refractivity contribution < 1.29 is 33.6 Å². The molecule has 0 bridgehead atoms. The number of carbonyl (C=O) groups is 1. The van der Waals surface area contributed by atoms with Gasteiger partial charge >= 0.3 is 5.97 Å². The smallest absolute Gasteiger partial charge is 0.342 e. The van der Waals surface area contributed by atoms with Crippen molar-refractivity contribution in [1.29, 1.82) is 0 Å². The van der Waals surface area contributed by atoms with Gasteiger partial charge in [0.05, 0.1) is 39.1 Å². The van der Waals surface area contributed by atoms with Gasteiger partial charge in [-0.2, -0.15) is 0 Å². The fraction of sp³-hybridized carbons (Fsp3) is 0.765. The van der Waals surface area contributed by atoms with Gasteiger partial charge in [-0.05, 0) is 12.8 Å². The summed E-state index contributed by atoms with van der Waals surface area (Å²) in [4.78, 5) is 11.5. The lowest BCUT2D eigenvalue weighted by molar-refractivity contribution is -0.181. The Balaban J connectivity index is 1.56. The van der Waals surface area contributed by atoms with Crippen LogP contribution in [-0.2, 0) is 18.9 Å². The monoisotopic (exact) mass is 370 g/mol. The number of carboxylic acid groups (broad SMARTS) is 1. The van der Waals surface area contributed by atoms with Crippen LogP contribution in [0, 0.1) is 0 Å². The lowest BCUT2D eigenvalue weighted by Gasteiger charge is -2.35. The molecule has 0 amide bonds. The predicted octanol–water partition coefficient (Wildman–Crippen LogP) is 1.48. The van der Waals surface area contributed by atoms with Crippen molar-refractivity contribution in [1.82, 2.24) is 9.78 Å². The molecule has 1 aromatic rings. The fourth-order valence-electron chi connectivity index (χ4n) is 3.35. The summed E-state index contributed by atoms with van der Waals surface area (Å²) >= 11 is 0. The molecule has 1 saturated carbocycles. The maximum Gasteiger partial charge on any atom is 0.342 e. The van der Waals surface area contributed by atoms with Gasteiger partial charge in [0.1, 0.15) is 12.2 Å². The Morgan fingerprint density at radius 3 is 2.62 bits per heavy atom. The first-order valence-electron chi connectivity index (χ1n) is 8.93. The molecule has 0 radical (unpaired) electrons. The van der Waals surface area contributed by atoms with E-state index in [1.165, 1.54) is 0 Å². The first-order valence-corrected chi connectivity index (χ1v) is 8.93. The highest BCUT2D eigenvalue weighted by molar-refractivity contribution is 5.89. The number of ether oxygens (including phenoxy) is 5. The van der Waals surface area contributed by atoms with E-state index in [2.05, 4.69) is 5.10 Å². The van der Waals surface area contributed by atoms with Gasteiger partial charge in [0.2, 0.25) is 5.88 Å². The summed E-state index contributed by atoms with van der Waals surface area (Å²) in [6.07, 6.45) is 4.75. The number of carboxylic acids is 1. The number of methoxy groups -OCH3 is 1. The van der Waals surface area contributed by atoms with Crippen molar-refractivity contribution in [2.24, 2.45) is 0 Å². The first-order chi connectivity index (χ1) is 12.6. The van der Waals surface area contributed by atoms with Crippen LogP contribution in [0.25, 0.3) is 0 Å². The van der Waals surface area contributed by atoms with Crippen LogP contribution in [0.4, 0.5) is 0 Å². The molecule has 1 aliphatic carbocycles. The number of hydrogen-bond donors (Lipinski definition) is 1. The molecule has 1 aromatic heterocycles. The average Bonchev–Trinajstić information content (AvgIpc) is 3.26. The Hall–Kier alpha value is -1.68. The maximum atomic E-state index is 11.5. The van der Waals surface area contributed by atoms with E-state index in [-0.39, 0.29) is 24.1 Å². The molecule has 1 spiro atoms. The van der Waals surface area contributed by atoms with Gasteiger partial charge in [0.15, 0.2) is 5.79 Å². The summed E-state index contributed by atoms with van der Waals surface area (Å²) in [5, 5.41) is 13.8. The summed E-state index contributed by atoms with van der Waals surface area (Å²) in [6, 6.07) is 0.113. The van der Waals surface area contributed by atoms with Crippen molar-refractivity contribution in [3.05, 3.63) is 11.8 Å². The molecular weight excluding hydrogens is 344 g/mol. The summed E-state index contributed by atoms with van der Waals surface area (Å²) in [6.45, 7) is 2.83. The molecule has 2 fully saturated rings. The number of nitrogens with zero attached hydrogens (tertiary/aromatic N) is 2. The highest BCUT2D eigenvalue weighted by Gasteiger charge is 2.41. The second kappa shape index (κ2) is 8.81. The van der Waals surface area contributed by atoms with E-state index < -0.39 is 11.8 Å². The number of aromatic nitrogens is 2. The van der Waals surface area contributed by atoms with Crippen LogP contribution in [0.5, 0.6) is 5.88 Å². The first kappa shape index (κ1) is 19.1. The van der Waals surface area contributed by atoms with E-state index in [1.807, 2.05) is 0 Å². The van der Waals surface area contributed by atoms with Crippen LogP contribution in [0.3, 0.4) is 0 Å². The summed E-state index contributed by atoms with van der Waals surface area (Å²) in [7, 11) is 1.60. The minimum Gasteiger partial charge on any atom is -0.477 e. The van der Waals surface area contributed by atoms with Gasteiger partial charge in [0.25, 0.3) is 0 Å². The summed E-state index contributed by atoms with van der Waals surface area (Å²) in [5.41, 5.74) is 0.0653. The molecule has 0 atom stereocenters. The average molecular weight is 370 g/mol. The lowest BCUT2D eigenvalue weighted by Crippen LogP contribution is -2.35. The van der Waals surface area contributed by atoms with Crippen molar-refractivity contribution in [3.8, 4) is 5.88 Å². The molecular formula is C17H26N2O7. The standard InChI is InChI=1S/C17H26N2O7/c1-22-6-7-23-8-9-24-15-14(16(20)21)12-19(18-15)13-2-4-17(5-3-13)25-10-11-26-17/h12-13H,2-11H2,1H3,(H,20,21). The van der Waals surface area contributed by atoms with E-state index in [1.54, 1.807) is 18.0 Å². The van der Waals surface area contributed by atoms with Crippen LogP contribution < -0.4 is 4.74 Å². The van der Waals surface area contributed by atoms with Gasteiger partial charge < -0.3 is 28.8 Å². The zero-order chi connectivity index (χ0) is 18.4. The molecule has 2 heterocycles. The quantitative estimate of drug-likeness (QED) is 0.652. The van der Waals surface area contributed by atoms with Crippen molar-refractivity contribution in [2.45, 2.75) is 37.5 Å². The molecule has 0 unspecified atom stereocenters. The SMILES string of the molecule is COCCOCCOc1nn(C2CCC3(CC2)OCCO3)cc1C(=O)O. The summed E-state index contributed by atoms with van der Waals surface area (Å²) in [5.74, 6) is -1.37. The van der Waals surface area contributed by atoms with E-state index in [4.69, 9.17) is 23.7 Å². The molecule has 3 rings (SSSR count). The second-order valence-electron chi connectivity index (χ2n) is 6.43. The second-order valence-corrected chi connectivity index (χ2v) is 6.43. The van der Waals surface area contributed by atoms with E-state index in [0.717, 1.165) is 25.7 Å². The maximum absolute atomic E-state index is 11.5. The van der Waals surface area contributed by atoms with Gasteiger partial charge in [0, 0.05) is 26.1 Å². The molecule has 26 heavy (non-hydrogen) atoms. The van der Waals surface area contributed by atoms with Crippen molar-refractivity contribution >= 4 is 5.97 Å². The zero-order valence-corrected chi connectivity index (χ0v) is 15.0. The Kier molecular flexibility index (Phi) is 6.47. The molecule has 9 nitrogen and oxygen atoms in total. The van der Waals surface area contributed by atoms with E-state index in [0.29, 0.717) is 33.0 Å². The van der Waals surface area contributed by atoms with Gasteiger partial charge in [-0.3, -0.25) is 4.68 Å². The van der Waals surface area contributed by atoms with E-state index >= 15 is 0 Å². The minimum absolute atomic E-state index is 0.0653. The zero-order valence-electron chi connectivity index (χ0n) is 15.0. The number of rotatable bonds is 9. The highest BCUT2D eigenvalue weighted by Crippen LogP contribution is 2.40. The largest absolute Gasteiger partial charge is 0.477 e. The topological polar surface area (TPSA) is 101 Å². The molecule has 2 aliphatic rings. The van der Waals surface area contributed by atoms with Crippen LogP contribution in [-0.4, -0.2) is 73.4 Å². The Bertz CT molecular complexity index is 588. The Labute approximate surface area is 152 Å². The minimum atomic E-state index is -1.05. The molecule has 1 aliphatic heterocycles. The molecule has 0 aromatic carbocycles. The fourth-order valence-corrected chi connectivity index (χ4v) is 3.35. The van der Waals surface area contributed by atoms with Crippen molar-refractivity contribution in [2.75, 3.05) is 46.8 Å². The van der Waals surface area contributed by atoms with Gasteiger partial charge in [-0.15, -0.1) is 5.10 Å². The third-order valence-corrected chi connectivity index (χ3v) is 4.73. The van der Waals surface area contributed by atoms with Crippen LogP contribution >= 0.6 is 0 Å². The molecule has 1 saturated heterocycles. The van der Waals surface area contributed by atoms with Gasteiger partial charge in [-0.1, -0.05) is 0 Å². The third-order valence-electron chi connectivity index (χ3n) is 4.73. The number of aromatic carboxylic acids is 1. The highest BCUT2D eigenvalue weighted by atomic mass is 16.7. The molecule has 9 heteroatoms. The molecule has 1 N–H and O–H groups in total.